The van der Waals surface area contributed by atoms with Gasteiger partial charge in [0.15, 0.2) is 0 Å². The quantitative estimate of drug-likeness (QED) is 0.763. The van der Waals surface area contributed by atoms with Crippen LogP contribution in [0.3, 0.4) is 0 Å². The van der Waals surface area contributed by atoms with Crippen molar-refractivity contribution in [3.05, 3.63) is 23.4 Å². The highest BCUT2D eigenvalue weighted by molar-refractivity contribution is 5.44. The molecule has 1 aromatic rings. The first-order valence-electron chi connectivity index (χ1n) is 7.06. The normalized spacial score (nSPS) is 14.2. The van der Waals surface area contributed by atoms with Gasteiger partial charge in [-0.3, -0.25) is 0 Å². The van der Waals surface area contributed by atoms with Crippen LogP contribution in [0.1, 0.15) is 37.4 Å². The maximum Gasteiger partial charge on any atom is 0.129 e. The smallest absolute Gasteiger partial charge is 0.129 e. The average molecular weight is 258 g/mol. The van der Waals surface area contributed by atoms with E-state index in [1.54, 1.807) is 0 Å². The molecule has 1 aromatic heterocycles. The van der Waals surface area contributed by atoms with Gasteiger partial charge >= 0.3 is 0 Å². The van der Waals surface area contributed by atoms with E-state index in [9.17, 15) is 5.11 Å². The molecule has 0 saturated heterocycles. The molecule has 1 fully saturated rings. The number of aryl methyl sites for hydroxylation is 1. The molecular weight excluding hydrogens is 236 g/mol. The number of hydrogen-bond donors (Lipinski definition) is 1. The molecule has 0 spiro atoms. The lowest BCUT2D eigenvalue weighted by Crippen LogP contribution is -2.27. The van der Waals surface area contributed by atoms with Gasteiger partial charge in [0.1, 0.15) is 5.82 Å². The average Bonchev–Trinajstić information content (AvgIpc) is 3.22. The zero-order valence-corrected chi connectivity index (χ0v) is 11.6. The molecule has 3 nitrogen and oxygen atoms in total. The highest BCUT2D eigenvalue weighted by atomic mass is 16.3. The molecule has 1 N–H and O–H groups in total. The summed E-state index contributed by atoms with van der Waals surface area (Å²) < 4.78 is 0. The molecule has 0 radical (unpaired) electrons. The Hall–Kier alpha value is -1.53. The fourth-order valence-corrected chi connectivity index (χ4v) is 2.23. The second-order valence-corrected chi connectivity index (χ2v) is 5.26. The minimum absolute atomic E-state index is 0.0551. The second-order valence-electron chi connectivity index (χ2n) is 5.26. The first kappa shape index (κ1) is 13.9. The van der Waals surface area contributed by atoms with Crippen molar-refractivity contribution in [1.29, 1.82) is 0 Å². The van der Waals surface area contributed by atoms with Crippen LogP contribution in [0, 0.1) is 18.3 Å². The minimum Gasteiger partial charge on any atom is -0.392 e. The van der Waals surface area contributed by atoms with E-state index in [4.69, 9.17) is 11.4 Å². The van der Waals surface area contributed by atoms with Gasteiger partial charge in [-0.2, -0.15) is 0 Å². The summed E-state index contributed by atoms with van der Waals surface area (Å²) in [6.45, 7) is 3.76. The zero-order chi connectivity index (χ0) is 13.7. The first-order chi connectivity index (χ1) is 9.26. The molecule has 0 amide bonds. The fourth-order valence-electron chi connectivity index (χ4n) is 2.23. The summed E-state index contributed by atoms with van der Waals surface area (Å²) in [5, 5.41) is 9.37. The third kappa shape index (κ3) is 3.97. The first-order valence-corrected chi connectivity index (χ1v) is 7.06. The lowest BCUT2D eigenvalue weighted by molar-refractivity contribution is 0.281. The highest BCUT2D eigenvalue weighted by Crippen LogP contribution is 2.31. The molecule has 0 bridgehead atoms. The summed E-state index contributed by atoms with van der Waals surface area (Å²) in [7, 11) is 0. The predicted octanol–water partition coefficient (Wildman–Crippen LogP) is 2.38. The predicted molar refractivity (Wildman–Crippen MR) is 77.9 cm³/mol. The van der Waals surface area contributed by atoms with Gasteiger partial charge in [-0.25, -0.2) is 4.98 Å². The van der Waals surface area contributed by atoms with E-state index in [1.807, 2.05) is 12.1 Å². The molecule has 102 valence electrons. The van der Waals surface area contributed by atoms with E-state index >= 15 is 0 Å². The summed E-state index contributed by atoms with van der Waals surface area (Å²) in [5.74, 6) is 4.39. The number of aromatic nitrogens is 1. The summed E-state index contributed by atoms with van der Waals surface area (Å²) in [6, 6.07) is 3.94. The van der Waals surface area contributed by atoms with Gasteiger partial charge < -0.3 is 10.0 Å². The number of pyridine rings is 1. The molecule has 1 saturated carbocycles. The number of aliphatic hydroxyl groups excluding tert-OH is 1. The molecule has 1 heterocycles. The maximum atomic E-state index is 9.37. The Balaban J connectivity index is 2.22. The van der Waals surface area contributed by atoms with E-state index < -0.39 is 0 Å². The molecular formula is C16H22N2O. The van der Waals surface area contributed by atoms with Crippen LogP contribution in [0.2, 0.25) is 0 Å². The lowest BCUT2D eigenvalue weighted by Gasteiger charge is -2.22. The van der Waals surface area contributed by atoms with Crippen LogP contribution in [0.4, 0.5) is 5.82 Å². The standard InChI is InChI=1S/C16H22N2O/c1-3-5-15-9-14(12-19)10-16(17-15)18(8-4-2)11-13-6-7-13/h2,9-10,13,19H,3,5-8,11-12H2,1H3. The van der Waals surface area contributed by atoms with Crippen molar-refractivity contribution in [1.82, 2.24) is 4.98 Å². The number of terminal acetylenes is 1. The Morgan fingerprint density at radius 2 is 2.26 bits per heavy atom. The topological polar surface area (TPSA) is 36.4 Å². The van der Waals surface area contributed by atoms with E-state index in [1.165, 1.54) is 12.8 Å². The summed E-state index contributed by atoms with van der Waals surface area (Å²) >= 11 is 0. The third-order valence-corrected chi connectivity index (χ3v) is 3.40. The Bertz CT molecular complexity index is 460. The van der Waals surface area contributed by atoms with E-state index in [0.717, 1.165) is 42.4 Å². The molecule has 0 aliphatic heterocycles. The zero-order valence-electron chi connectivity index (χ0n) is 11.6. The number of aliphatic hydroxyl groups is 1. The van der Waals surface area contributed by atoms with Crippen molar-refractivity contribution in [3.63, 3.8) is 0 Å². The Morgan fingerprint density at radius 1 is 1.47 bits per heavy atom. The monoisotopic (exact) mass is 258 g/mol. The van der Waals surface area contributed by atoms with E-state index in [2.05, 4.69) is 17.7 Å². The van der Waals surface area contributed by atoms with Crippen LogP contribution >= 0.6 is 0 Å². The van der Waals surface area contributed by atoms with Gasteiger partial charge in [-0.15, -0.1) is 6.42 Å². The molecule has 0 atom stereocenters. The molecule has 0 aromatic carbocycles. The van der Waals surface area contributed by atoms with Gasteiger partial charge in [-0.05, 0) is 42.9 Å². The van der Waals surface area contributed by atoms with Crippen LogP contribution < -0.4 is 4.90 Å². The van der Waals surface area contributed by atoms with Gasteiger partial charge in [0.25, 0.3) is 0 Å². The van der Waals surface area contributed by atoms with Crippen molar-refractivity contribution in [2.75, 3.05) is 18.0 Å². The van der Waals surface area contributed by atoms with Crippen molar-refractivity contribution in [3.8, 4) is 12.3 Å². The molecule has 3 heteroatoms. The maximum absolute atomic E-state index is 9.37. The molecule has 1 aliphatic carbocycles. The van der Waals surface area contributed by atoms with Crippen molar-refractivity contribution < 1.29 is 5.11 Å². The van der Waals surface area contributed by atoms with Gasteiger partial charge in [-0.1, -0.05) is 19.3 Å². The van der Waals surface area contributed by atoms with Crippen molar-refractivity contribution in [2.24, 2.45) is 5.92 Å². The summed E-state index contributed by atoms with van der Waals surface area (Å²) in [5.41, 5.74) is 1.97. The Kier molecular flexibility index (Phi) is 4.81. The highest BCUT2D eigenvalue weighted by Gasteiger charge is 2.24. The number of nitrogens with zero attached hydrogens (tertiary/aromatic N) is 2. The summed E-state index contributed by atoms with van der Waals surface area (Å²) in [4.78, 5) is 6.85. The van der Waals surface area contributed by atoms with Crippen LogP contribution in [0.15, 0.2) is 12.1 Å². The van der Waals surface area contributed by atoms with E-state index in [-0.39, 0.29) is 6.61 Å². The summed E-state index contributed by atoms with van der Waals surface area (Å²) in [6.07, 6.45) is 10.0. The molecule has 1 aliphatic rings. The van der Waals surface area contributed by atoms with Crippen molar-refractivity contribution >= 4 is 5.82 Å². The largest absolute Gasteiger partial charge is 0.392 e. The van der Waals surface area contributed by atoms with Crippen LogP contribution in [0.5, 0.6) is 0 Å². The molecule has 0 unspecified atom stereocenters. The second kappa shape index (κ2) is 6.58. The lowest BCUT2D eigenvalue weighted by atomic mass is 10.1. The third-order valence-electron chi connectivity index (χ3n) is 3.40. The molecule has 2 rings (SSSR count). The number of hydrogen-bond acceptors (Lipinski definition) is 3. The van der Waals surface area contributed by atoms with Crippen LogP contribution in [0.25, 0.3) is 0 Å². The van der Waals surface area contributed by atoms with Gasteiger partial charge in [0.05, 0.1) is 13.2 Å². The SMILES string of the molecule is C#CCN(CC1CC1)c1cc(CO)cc(CCC)n1. The fraction of sp³-hybridized carbons (Fsp3) is 0.562. The van der Waals surface area contributed by atoms with Crippen LogP contribution in [-0.2, 0) is 13.0 Å². The molecule has 19 heavy (non-hydrogen) atoms. The Morgan fingerprint density at radius 3 is 2.84 bits per heavy atom. The number of rotatable bonds is 7. The number of anilines is 1. The van der Waals surface area contributed by atoms with Gasteiger partial charge in [0, 0.05) is 12.2 Å². The minimum atomic E-state index is 0.0551. The van der Waals surface area contributed by atoms with E-state index in [0.29, 0.717) is 6.54 Å². The van der Waals surface area contributed by atoms with Crippen molar-refractivity contribution in [2.45, 2.75) is 39.2 Å². The Labute approximate surface area is 115 Å². The van der Waals surface area contributed by atoms with Gasteiger partial charge in [0.2, 0.25) is 0 Å². The van der Waals surface area contributed by atoms with Crippen LogP contribution in [-0.4, -0.2) is 23.2 Å².